The molecule has 3 aromatic rings. The molecule has 0 bridgehead atoms. The zero-order valence-corrected chi connectivity index (χ0v) is 16.1. The Morgan fingerprint density at radius 3 is 2.14 bits per heavy atom. The van der Waals surface area contributed by atoms with Crippen LogP contribution in [0.25, 0.3) is 0 Å². The lowest BCUT2D eigenvalue weighted by Crippen LogP contribution is -2.27. The molecular weight excluding hydrogens is 392 g/mol. The molecule has 0 aliphatic rings. The lowest BCUT2D eigenvalue weighted by atomic mass is 9.90. The van der Waals surface area contributed by atoms with E-state index in [0.29, 0.717) is 22.0 Å². The zero-order valence-electron chi connectivity index (χ0n) is 15.3. The molecule has 2 amide bonds. The van der Waals surface area contributed by atoms with E-state index in [2.05, 4.69) is 5.32 Å². The van der Waals surface area contributed by atoms with Crippen molar-refractivity contribution in [1.82, 2.24) is 5.48 Å². The molecule has 0 spiro atoms. The molecule has 6 nitrogen and oxygen atoms in total. The minimum atomic E-state index is -0.667. The largest absolute Gasteiger partial charge is 0.484 e. The predicted octanol–water partition coefficient (Wildman–Crippen LogP) is 3.99. The number of benzene rings is 3. The van der Waals surface area contributed by atoms with Crippen molar-refractivity contribution in [1.29, 1.82) is 0 Å². The summed E-state index contributed by atoms with van der Waals surface area (Å²) in [5.74, 6) is -0.982. The highest BCUT2D eigenvalue weighted by Crippen LogP contribution is 2.26. The number of amides is 2. The lowest BCUT2D eigenvalue weighted by molar-refractivity contribution is -0.129. The van der Waals surface area contributed by atoms with Crippen LogP contribution in [0.4, 0.5) is 5.69 Å². The molecule has 0 aliphatic heterocycles. The summed E-state index contributed by atoms with van der Waals surface area (Å²) in [6.45, 7) is -0.150. The summed E-state index contributed by atoms with van der Waals surface area (Å²) in [5.41, 5.74) is 3.70. The predicted molar refractivity (Wildman–Crippen MR) is 110 cm³/mol. The van der Waals surface area contributed by atoms with Crippen molar-refractivity contribution in [2.24, 2.45) is 0 Å². The fourth-order valence-electron chi connectivity index (χ4n) is 2.84. The van der Waals surface area contributed by atoms with Crippen LogP contribution in [0.5, 0.6) is 5.75 Å². The van der Waals surface area contributed by atoms with Crippen molar-refractivity contribution in [3.05, 3.63) is 95.0 Å². The van der Waals surface area contributed by atoms with Gasteiger partial charge in [-0.25, -0.2) is 5.48 Å². The summed E-state index contributed by atoms with van der Waals surface area (Å²) >= 11 is 5.81. The van der Waals surface area contributed by atoms with Crippen LogP contribution < -0.4 is 15.5 Å². The van der Waals surface area contributed by atoms with Crippen molar-refractivity contribution >= 4 is 29.1 Å². The van der Waals surface area contributed by atoms with Gasteiger partial charge < -0.3 is 10.1 Å². The van der Waals surface area contributed by atoms with E-state index in [1.54, 1.807) is 54.0 Å². The van der Waals surface area contributed by atoms with Gasteiger partial charge in [-0.1, -0.05) is 54.1 Å². The van der Waals surface area contributed by atoms with Crippen LogP contribution in [-0.4, -0.2) is 23.6 Å². The Morgan fingerprint density at radius 2 is 1.52 bits per heavy atom. The summed E-state index contributed by atoms with van der Waals surface area (Å²) in [6.07, 6.45) is 0. The standard InChI is InChI=1S/C22H19ClN2O4/c23-17-8-12-19(13-9-17)29-14-20(26)24-18-10-6-16(7-11-18)21(22(27)25-28)15-4-2-1-3-5-15/h1-13,21,28H,14H2,(H,24,26)(H,25,27). The number of carbonyl (C=O) groups is 2. The molecule has 3 aromatic carbocycles. The molecule has 29 heavy (non-hydrogen) atoms. The number of hydroxylamine groups is 1. The van der Waals surface area contributed by atoms with E-state index in [0.717, 1.165) is 5.56 Å². The molecule has 3 rings (SSSR count). The molecule has 7 heteroatoms. The highest BCUT2D eigenvalue weighted by atomic mass is 35.5. The van der Waals surface area contributed by atoms with Crippen molar-refractivity contribution in [3.63, 3.8) is 0 Å². The second-order valence-electron chi connectivity index (χ2n) is 6.23. The van der Waals surface area contributed by atoms with Gasteiger partial charge in [-0.3, -0.25) is 14.8 Å². The minimum Gasteiger partial charge on any atom is -0.484 e. The second kappa shape index (κ2) is 9.73. The Balaban J connectivity index is 1.64. The van der Waals surface area contributed by atoms with Gasteiger partial charge in [0.15, 0.2) is 6.61 Å². The van der Waals surface area contributed by atoms with Gasteiger partial charge in [0, 0.05) is 10.7 Å². The summed E-state index contributed by atoms with van der Waals surface area (Å²) in [6, 6.07) is 22.7. The molecule has 1 unspecified atom stereocenters. The Morgan fingerprint density at radius 1 is 0.897 bits per heavy atom. The highest BCUT2D eigenvalue weighted by molar-refractivity contribution is 6.30. The normalized spacial score (nSPS) is 11.4. The number of rotatable bonds is 7. The monoisotopic (exact) mass is 410 g/mol. The van der Waals surface area contributed by atoms with Crippen LogP contribution in [0, 0.1) is 0 Å². The van der Waals surface area contributed by atoms with Crippen molar-refractivity contribution in [2.75, 3.05) is 11.9 Å². The van der Waals surface area contributed by atoms with E-state index >= 15 is 0 Å². The first kappa shape index (κ1) is 20.4. The Labute approximate surface area is 173 Å². The summed E-state index contributed by atoms with van der Waals surface area (Å²) in [7, 11) is 0. The van der Waals surface area contributed by atoms with Gasteiger partial charge in [0.25, 0.3) is 11.8 Å². The molecule has 0 saturated heterocycles. The second-order valence-corrected chi connectivity index (χ2v) is 6.67. The summed E-state index contributed by atoms with van der Waals surface area (Å²) < 4.78 is 5.41. The van der Waals surface area contributed by atoms with Gasteiger partial charge in [0.2, 0.25) is 0 Å². The number of halogens is 1. The first-order valence-electron chi connectivity index (χ1n) is 8.84. The van der Waals surface area contributed by atoms with E-state index in [1.807, 2.05) is 30.3 Å². The van der Waals surface area contributed by atoms with Gasteiger partial charge in [0.1, 0.15) is 5.75 Å². The van der Waals surface area contributed by atoms with Crippen molar-refractivity contribution in [2.45, 2.75) is 5.92 Å². The molecule has 0 aromatic heterocycles. The maximum Gasteiger partial charge on any atom is 0.262 e. The third-order valence-corrected chi connectivity index (χ3v) is 4.47. The molecule has 1 atom stereocenters. The topological polar surface area (TPSA) is 87.7 Å². The van der Waals surface area contributed by atoms with E-state index in [1.165, 1.54) is 0 Å². The molecule has 0 fully saturated rings. The number of hydrogen-bond donors (Lipinski definition) is 3. The molecule has 0 saturated carbocycles. The fourth-order valence-corrected chi connectivity index (χ4v) is 2.97. The van der Waals surface area contributed by atoms with E-state index in [9.17, 15) is 9.59 Å². The van der Waals surface area contributed by atoms with Crippen molar-refractivity contribution in [3.8, 4) is 5.75 Å². The number of hydrogen-bond acceptors (Lipinski definition) is 4. The summed E-state index contributed by atoms with van der Waals surface area (Å²) in [5, 5.41) is 12.4. The van der Waals surface area contributed by atoms with Crippen LogP contribution >= 0.6 is 11.6 Å². The number of nitrogens with one attached hydrogen (secondary N) is 2. The zero-order chi connectivity index (χ0) is 20.6. The molecule has 0 heterocycles. The van der Waals surface area contributed by atoms with Gasteiger partial charge in [0.05, 0.1) is 5.92 Å². The Bertz CT molecular complexity index is 960. The van der Waals surface area contributed by atoms with Gasteiger partial charge in [-0.15, -0.1) is 0 Å². The van der Waals surface area contributed by atoms with Gasteiger partial charge in [-0.05, 0) is 47.5 Å². The molecule has 148 valence electrons. The van der Waals surface area contributed by atoms with Crippen LogP contribution in [-0.2, 0) is 9.59 Å². The quantitative estimate of drug-likeness (QED) is 0.406. The highest BCUT2D eigenvalue weighted by Gasteiger charge is 2.22. The van der Waals surface area contributed by atoms with E-state index in [-0.39, 0.29) is 12.5 Å². The average Bonchev–Trinajstić information content (AvgIpc) is 2.75. The first-order valence-corrected chi connectivity index (χ1v) is 9.21. The van der Waals surface area contributed by atoms with Crippen molar-refractivity contribution < 1.29 is 19.5 Å². The summed E-state index contributed by atoms with van der Waals surface area (Å²) in [4.78, 5) is 24.2. The average molecular weight is 411 g/mol. The first-order chi connectivity index (χ1) is 14.1. The van der Waals surface area contributed by atoms with Gasteiger partial charge in [-0.2, -0.15) is 0 Å². The van der Waals surface area contributed by atoms with Crippen LogP contribution in [0.15, 0.2) is 78.9 Å². The molecule has 0 radical (unpaired) electrons. The van der Waals surface area contributed by atoms with E-state index in [4.69, 9.17) is 21.5 Å². The SMILES string of the molecule is O=C(COc1ccc(Cl)cc1)Nc1ccc(C(C(=O)NO)c2ccccc2)cc1. The third kappa shape index (κ3) is 5.57. The number of ether oxygens (including phenoxy) is 1. The Hall–Kier alpha value is -3.35. The maximum atomic E-state index is 12.2. The fraction of sp³-hybridized carbons (Fsp3) is 0.0909. The number of anilines is 1. The molecule has 0 aliphatic carbocycles. The van der Waals surface area contributed by atoms with Crippen LogP contribution in [0.3, 0.4) is 0 Å². The van der Waals surface area contributed by atoms with Crippen LogP contribution in [0.1, 0.15) is 17.0 Å². The molecular formula is C22H19ClN2O4. The molecule has 3 N–H and O–H groups in total. The minimum absolute atomic E-state index is 0.150. The van der Waals surface area contributed by atoms with E-state index < -0.39 is 11.8 Å². The lowest BCUT2D eigenvalue weighted by Gasteiger charge is -2.16. The third-order valence-electron chi connectivity index (χ3n) is 4.22. The Kier molecular flexibility index (Phi) is 6.84. The van der Waals surface area contributed by atoms with Crippen LogP contribution in [0.2, 0.25) is 5.02 Å². The smallest absolute Gasteiger partial charge is 0.262 e. The number of carbonyl (C=O) groups excluding carboxylic acids is 2. The maximum absolute atomic E-state index is 12.2. The van der Waals surface area contributed by atoms with Gasteiger partial charge >= 0.3 is 0 Å².